The van der Waals surface area contributed by atoms with Crippen molar-refractivity contribution in [3.63, 3.8) is 0 Å². The number of carboxylic acid groups (broad SMARTS) is 1. The molecule has 1 heterocycles. The Bertz CT molecular complexity index is 1570. The lowest BCUT2D eigenvalue weighted by Crippen LogP contribution is -2.23. The van der Waals surface area contributed by atoms with Gasteiger partial charge in [0.05, 0.1) is 27.7 Å². The summed E-state index contributed by atoms with van der Waals surface area (Å²) < 4.78 is 12.4. The third kappa shape index (κ3) is 6.35. The van der Waals surface area contributed by atoms with E-state index >= 15 is 0 Å². The molecule has 12 heteroatoms. The van der Waals surface area contributed by atoms with Gasteiger partial charge in [0.25, 0.3) is 11.6 Å². The summed E-state index contributed by atoms with van der Waals surface area (Å²) in [4.78, 5) is 41.5. The van der Waals surface area contributed by atoms with E-state index < -0.39 is 10.9 Å². The summed E-state index contributed by atoms with van der Waals surface area (Å²) in [5, 5.41) is 20.9. The van der Waals surface area contributed by atoms with Crippen LogP contribution >= 0.6 is 27.7 Å². The number of halogens is 1. The third-order valence-electron chi connectivity index (χ3n) is 5.92. The number of ether oxygens (including phenoxy) is 2. The van der Waals surface area contributed by atoms with Crippen LogP contribution in [0.4, 0.5) is 11.4 Å². The lowest BCUT2D eigenvalue weighted by molar-refractivity contribution is -0.384. The zero-order valence-electron chi connectivity index (χ0n) is 21.7. The van der Waals surface area contributed by atoms with Crippen molar-refractivity contribution in [2.75, 3.05) is 13.7 Å². The molecule has 0 atom stereocenters. The van der Waals surface area contributed by atoms with Gasteiger partial charge >= 0.3 is 5.97 Å². The monoisotopic (exact) mass is 625 g/mol. The number of rotatable bonds is 9. The molecule has 0 aliphatic carbocycles. The van der Waals surface area contributed by atoms with Crippen LogP contribution < -0.4 is 9.47 Å². The van der Waals surface area contributed by atoms with E-state index in [1.54, 1.807) is 56.4 Å². The molecule has 3 aromatic rings. The van der Waals surface area contributed by atoms with Crippen molar-refractivity contribution >= 4 is 62.2 Å². The van der Waals surface area contributed by atoms with E-state index in [0.29, 0.717) is 55.0 Å². The van der Waals surface area contributed by atoms with Crippen LogP contribution in [-0.2, 0) is 11.4 Å². The molecule has 10 nitrogen and oxygen atoms in total. The van der Waals surface area contributed by atoms with Gasteiger partial charge in [0.15, 0.2) is 16.7 Å². The van der Waals surface area contributed by atoms with Gasteiger partial charge in [-0.25, -0.2) is 9.79 Å². The molecule has 1 N–H and O–H groups in total. The molecule has 0 bridgehead atoms. The Morgan fingerprint density at radius 3 is 2.60 bits per heavy atom. The molecule has 1 saturated heterocycles. The quantitative estimate of drug-likeness (QED) is 0.160. The molecule has 1 aliphatic heterocycles. The number of nitro groups is 1. The number of likely N-dealkylation sites (N-methyl/N-ethyl adjacent to an activating group) is 1. The highest BCUT2D eigenvalue weighted by molar-refractivity contribution is 9.10. The zero-order valence-corrected chi connectivity index (χ0v) is 24.1. The fraction of sp³-hybridized carbons (Fsp3) is 0.179. The van der Waals surface area contributed by atoms with Gasteiger partial charge in [-0.15, -0.1) is 0 Å². The molecule has 0 aromatic heterocycles. The minimum Gasteiger partial charge on any atom is -0.490 e. The number of carbonyl (C=O) groups is 2. The van der Waals surface area contributed by atoms with Crippen molar-refractivity contribution in [2.45, 2.75) is 20.5 Å². The smallest absolute Gasteiger partial charge is 0.336 e. The Hall–Kier alpha value is -4.16. The minimum atomic E-state index is -1.05. The minimum absolute atomic E-state index is 0.0226. The maximum Gasteiger partial charge on any atom is 0.336 e. The molecule has 0 saturated carbocycles. The van der Waals surface area contributed by atoms with E-state index in [2.05, 4.69) is 20.9 Å². The number of nitro benzene ring substituents is 1. The van der Waals surface area contributed by atoms with E-state index in [-0.39, 0.29) is 23.8 Å². The first kappa shape index (κ1) is 28.8. The van der Waals surface area contributed by atoms with E-state index in [4.69, 9.17) is 9.47 Å². The predicted octanol–water partition coefficient (Wildman–Crippen LogP) is 6.58. The molecule has 0 spiro atoms. The van der Waals surface area contributed by atoms with Crippen molar-refractivity contribution in [1.82, 2.24) is 4.90 Å². The standard InChI is InChI=1S/C28H24BrN3O7S/c1-4-38-23-12-18(21(29)14-24(23)39-15-17-7-5-8-19(11-17)32(36)37)13-25-26(33)31(3)28(40-25)30-22-10-6-9-20(16(22)2)27(34)35/h5-14H,4,15H2,1-3H3,(H,34,35)/b25-13-,30-28?. The third-order valence-corrected chi connectivity index (χ3v) is 7.67. The van der Waals surface area contributed by atoms with E-state index in [9.17, 15) is 24.8 Å². The average molecular weight is 626 g/mol. The van der Waals surface area contributed by atoms with Crippen LogP contribution in [0, 0.1) is 17.0 Å². The Balaban J connectivity index is 1.61. The van der Waals surface area contributed by atoms with Gasteiger partial charge in [0, 0.05) is 23.7 Å². The van der Waals surface area contributed by atoms with Crippen molar-refractivity contribution in [1.29, 1.82) is 0 Å². The molecule has 40 heavy (non-hydrogen) atoms. The predicted molar refractivity (Wildman–Crippen MR) is 156 cm³/mol. The number of nitrogens with zero attached hydrogens (tertiary/aromatic N) is 3. The number of amidine groups is 1. The highest BCUT2D eigenvalue weighted by Crippen LogP contribution is 2.39. The molecule has 1 aliphatic rings. The summed E-state index contributed by atoms with van der Waals surface area (Å²) in [7, 11) is 1.61. The first-order valence-electron chi connectivity index (χ1n) is 12.0. The number of thioether (sulfide) groups is 1. The number of carbonyl (C=O) groups excluding carboxylic acids is 1. The Morgan fingerprint density at radius 1 is 1.18 bits per heavy atom. The summed E-state index contributed by atoms with van der Waals surface area (Å²) >= 11 is 4.72. The second kappa shape index (κ2) is 12.3. The van der Waals surface area contributed by atoms with Gasteiger partial charge in [0.1, 0.15) is 6.61 Å². The van der Waals surface area contributed by atoms with Crippen LogP contribution in [0.15, 0.2) is 69.0 Å². The average Bonchev–Trinajstić information content (AvgIpc) is 3.18. The number of benzene rings is 3. The van der Waals surface area contributed by atoms with E-state index in [0.717, 1.165) is 0 Å². The van der Waals surface area contributed by atoms with E-state index in [1.807, 2.05) is 6.92 Å². The maximum absolute atomic E-state index is 13.0. The number of aromatic carboxylic acids is 1. The highest BCUT2D eigenvalue weighted by atomic mass is 79.9. The zero-order chi connectivity index (χ0) is 29.0. The van der Waals surface area contributed by atoms with Crippen molar-refractivity contribution in [3.8, 4) is 11.5 Å². The Kier molecular flexibility index (Phi) is 8.90. The molecular formula is C28H24BrN3O7S. The molecular weight excluding hydrogens is 602 g/mol. The van der Waals surface area contributed by atoms with Gasteiger partial charge in [-0.3, -0.25) is 19.8 Å². The molecule has 0 unspecified atom stereocenters. The summed E-state index contributed by atoms with van der Waals surface area (Å²) in [5.41, 5.74) is 2.39. The molecule has 3 aromatic carbocycles. The summed E-state index contributed by atoms with van der Waals surface area (Å²) in [6.45, 7) is 3.97. The second-order valence-corrected chi connectivity index (χ2v) is 10.5. The van der Waals surface area contributed by atoms with Crippen molar-refractivity contribution in [2.24, 2.45) is 4.99 Å². The van der Waals surface area contributed by atoms with Gasteiger partial charge in [-0.05, 0) is 72.6 Å². The lowest BCUT2D eigenvalue weighted by atomic mass is 10.1. The van der Waals surface area contributed by atoms with Gasteiger partial charge in [-0.2, -0.15) is 0 Å². The van der Waals surface area contributed by atoms with Crippen LogP contribution in [0.3, 0.4) is 0 Å². The summed E-state index contributed by atoms with van der Waals surface area (Å²) in [6.07, 6.45) is 1.71. The van der Waals surface area contributed by atoms with Crippen molar-refractivity contribution in [3.05, 3.63) is 96.3 Å². The summed E-state index contributed by atoms with van der Waals surface area (Å²) in [6, 6.07) is 14.5. The first-order valence-corrected chi connectivity index (χ1v) is 13.6. The van der Waals surface area contributed by atoms with Crippen LogP contribution in [-0.4, -0.2) is 45.6 Å². The van der Waals surface area contributed by atoms with Gasteiger partial charge in [0.2, 0.25) is 0 Å². The molecule has 4 rings (SSSR count). The number of carboxylic acids is 1. The fourth-order valence-electron chi connectivity index (χ4n) is 3.84. The number of hydrogen-bond donors (Lipinski definition) is 1. The molecule has 0 radical (unpaired) electrons. The molecule has 206 valence electrons. The van der Waals surface area contributed by atoms with Gasteiger partial charge < -0.3 is 14.6 Å². The van der Waals surface area contributed by atoms with Crippen molar-refractivity contribution < 1.29 is 29.1 Å². The van der Waals surface area contributed by atoms with Crippen LogP contribution in [0.1, 0.15) is 34.0 Å². The Labute approximate surface area is 242 Å². The topological polar surface area (TPSA) is 132 Å². The first-order chi connectivity index (χ1) is 19.1. The number of amides is 1. The lowest BCUT2D eigenvalue weighted by Gasteiger charge is -2.14. The van der Waals surface area contributed by atoms with E-state index in [1.165, 1.54) is 34.9 Å². The van der Waals surface area contributed by atoms with Crippen LogP contribution in [0.5, 0.6) is 11.5 Å². The number of aliphatic imine (C=N–C) groups is 1. The Morgan fingerprint density at radius 2 is 1.90 bits per heavy atom. The fourth-order valence-corrected chi connectivity index (χ4v) is 5.24. The summed E-state index contributed by atoms with van der Waals surface area (Å²) in [5.74, 6) is -0.425. The maximum atomic E-state index is 13.0. The van der Waals surface area contributed by atoms with Gasteiger partial charge in [-0.1, -0.05) is 34.1 Å². The number of hydrogen-bond acceptors (Lipinski definition) is 8. The normalized spacial score (nSPS) is 15.1. The molecule has 1 amide bonds. The highest BCUT2D eigenvalue weighted by Gasteiger charge is 2.31. The van der Waals surface area contributed by atoms with Crippen LogP contribution in [0.25, 0.3) is 6.08 Å². The van der Waals surface area contributed by atoms with Crippen LogP contribution in [0.2, 0.25) is 0 Å². The number of non-ortho nitro benzene ring substituents is 1. The second-order valence-electron chi connectivity index (χ2n) is 8.59. The largest absolute Gasteiger partial charge is 0.490 e. The molecule has 1 fully saturated rings. The SMILES string of the molecule is CCOc1cc(/C=C2\SC(=Nc3cccc(C(=O)O)c3C)N(C)C2=O)c(Br)cc1OCc1cccc([N+](=O)[O-])c1.